The lowest BCUT2D eigenvalue weighted by Crippen LogP contribution is -2.29. The van der Waals surface area contributed by atoms with Crippen molar-refractivity contribution in [3.63, 3.8) is 0 Å². The minimum absolute atomic E-state index is 0.301. The summed E-state index contributed by atoms with van der Waals surface area (Å²) >= 11 is 0. The van der Waals surface area contributed by atoms with Gasteiger partial charge in [0.2, 0.25) is 0 Å². The summed E-state index contributed by atoms with van der Waals surface area (Å²) in [6.07, 6.45) is 2.84. The Morgan fingerprint density at radius 1 is 1.16 bits per heavy atom. The van der Waals surface area contributed by atoms with Crippen molar-refractivity contribution in [1.29, 1.82) is 0 Å². The first kappa shape index (κ1) is 23.2. The average Bonchev–Trinajstić information content (AvgIpc) is 2.64. The predicted octanol–water partition coefficient (Wildman–Crippen LogP) is 4.63. The highest BCUT2D eigenvalue weighted by Gasteiger charge is 2.17. The Morgan fingerprint density at radius 2 is 1.80 bits per heavy atom. The van der Waals surface area contributed by atoms with E-state index in [1.54, 1.807) is 7.11 Å². The van der Waals surface area contributed by atoms with Crippen LogP contribution >= 0.6 is 0 Å². The molecule has 5 nitrogen and oxygen atoms in total. The zero-order chi connectivity index (χ0) is 19.1. The van der Waals surface area contributed by atoms with Gasteiger partial charge in [0.15, 0.2) is 0 Å². The Labute approximate surface area is 153 Å². The normalized spacial score (nSPS) is 11.3. The monoisotopic (exact) mass is 352 g/mol. The van der Waals surface area contributed by atoms with Gasteiger partial charge in [0.1, 0.15) is 5.75 Å². The van der Waals surface area contributed by atoms with Gasteiger partial charge >= 0.3 is 6.09 Å². The standard InChI is InChI=1S/C17H28N2O3.C3H8/c1-5-19(13-9-8-12-18-17(20)22-4)14(2)15-10-6-7-11-16(15)21-3;1-3-2/h6-7,10-11,14H,5,8-9,12-13H2,1-4H3,(H,18,20);3H2,1-2H3/t14-;/m0./s1. The fourth-order valence-corrected chi connectivity index (χ4v) is 2.54. The number of alkyl carbamates (subject to hydrolysis) is 1. The van der Waals surface area contributed by atoms with Crippen LogP contribution in [-0.4, -0.2) is 44.8 Å². The number of para-hydroxylation sites is 1. The van der Waals surface area contributed by atoms with Gasteiger partial charge in [-0.25, -0.2) is 4.79 Å². The van der Waals surface area contributed by atoms with Crippen LogP contribution in [0.5, 0.6) is 5.75 Å². The van der Waals surface area contributed by atoms with Gasteiger partial charge in [0.25, 0.3) is 0 Å². The van der Waals surface area contributed by atoms with Crippen molar-refractivity contribution in [2.24, 2.45) is 0 Å². The van der Waals surface area contributed by atoms with E-state index in [1.165, 1.54) is 19.1 Å². The maximum absolute atomic E-state index is 11.0. The number of rotatable bonds is 9. The summed E-state index contributed by atoms with van der Waals surface area (Å²) in [4.78, 5) is 13.4. The number of amides is 1. The Balaban J connectivity index is 0.00000178. The van der Waals surface area contributed by atoms with Crippen LogP contribution in [0.15, 0.2) is 24.3 Å². The molecule has 1 atom stereocenters. The highest BCUT2D eigenvalue weighted by atomic mass is 16.5. The molecule has 1 rings (SSSR count). The smallest absolute Gasteiger partial charge is 0.406 e. The zero-order valence-electron chi connectivity index (χ0n) is 16.8. The van der Waals surface area contributed by atoms with E-state index in [2.05, 4.69) is 48.7 Å². The first-order chi connectivity index (χ1) is 12.0. The van der Waals surface area contributed by atoms with Crippen LogP contribution in [0.2, 0.25) is 0 Å². The molecule has 1 N–H and O–H groups in total. The maximum Gasteiger partial charge on any atom is 0.406 e. The number of hydrogen-bond acceptors (Lipinski definition) is 4. The second-order valence-corrected chi connectivity index (χ2v) is 5.88. The van der Waals surface area contributed by atoms with Gasteiger partial charge in [0.05, 0.1) is 14.2 Å². The molecule has 0 bridgehead atoms. The molecule has 1 aromatic rings. The SMILES string of the molecule is CCC.CCN(CCCCNC(=O)OC)[C@@H](C)c1ccccc1OC. The quantitative estimate of drug-likeness (QED) is 0.658. The number of nitrogens with one attached hydrogen (secondary N) is 1. The van der Waals surface area contributed by atoms with E-state index in [1.807, 2.05) is 18.2 Å². The van der Waals surface area contributed by atoms with Crippen LogP contribution in [-0.2, 0) is 4.74 Å². The van der Waals surface area contributed by atoms with Crippen LogP contribution < -0.4 is 10.1 Å². The summed E-state index contributed by atoms with van der Waals surface area (Å²) in [5, 5.41) is 2.70. The van der Waals surface area contributed by atoms with E-state index in [4.69, 9.17) is 4.74 Å². The Morgan fingerprint density at radius 3 is 2.36 bits per heavy atom. The topological polar surface area (TPSA) is 50.8 Å². The summed E-state index contributed by atoms with van der Waals surface area (Å²) in [7, 11) is 3.09. The molecule has 144 valence electrons. The first-order valence-electron chi connectivity index (χ1n) is 9.24. The highest BCUT2D eigenvalue weighted by Crippen LogP contribution is 2.28. The molecule has 1 aromatic carbocycles. The fraction of sp³-hybridized carbons (Fsp3) is 0.650. The minimum Gasteiger partial charge on any atom is -0.496 e. The zero-order valence-corrected chi connectivity index (χ0v) is 16.8. The molecule has 0 saturated carbocycles. The van der Waals surface area contributed by atoms with E-state index < -0.39 is 0 Å². The molecule has 0 aromatic heterocycles. The second-order valence-electron chi connectivity index (χ2n) is 5.88. The maximum atomic E-state index is 11.0. The van der Waals surface area contributed by atoms with Crippen molar-refractivity contribution in [1.82, 2.24) is 10.2 Å². The van der Waals surface area contributed by atoms with Gasteiger partial charge in [-0.3, -0.25) is 4.90 Å². The molecule has 0 aliphatic rings. The van der Waals surface area contributed by atoms with Gasteiger partial charge in [0, 0.05) is 18.2 Å². The number of carbonyl (C=O) groups excluding carboxylic acids is 1. The molecule has 1 amide bonds. The third-order valence-corrected chi connectivity index (χ3v) is 3.87. The van der Waals surface area contributed by atoms with E-state index in [9.17, 15) is 4.79 Å². The lowest BCUT2D eigenvalue weighted by molar-refractivity contribution is 0.170. The minimum atomic E-state index is -0.366. The molecule has 0 saturated heterocycles. The van der Waals surface area contributed by atoms with E-state index in [-0.39, 0.29) is 6.09 Å². The molecule has 0 heterocycles. The Bertz CT molecular complexity index is 466. The molecular weight excluding hydrogens is 316 g/mol. The average molecular weight is 353 g/mol. The lowest BCUT2D eigenvalue weighted by Gasteiger charge is -2.29. The number of hydrogen-bond donors (Lipinski definition) is 1. The molecule has 25 heavy (non-hydrogen) atoms. The van der Waals surface area contributed by atoms with Crippen molar-refractivity contribution in [2.45, 2.75) is 53.0 Å². The number of benzene rings is 1. The number of nitrogens with zero attached hydrogens (tertiary/aromatic N) is 1. The number of carbonyl (C=O) groups is 1. The number of methoxy groups -OCH3 is 2. The van der Waals surface area contributed by atoms with Crippen molar-refractivity contribution in [2.75, 3.05) is 33.9 Å². The van der Waals surface area contributed by atoms with E-state index in [0.29, 0.717) is 12.6 Å². The van der Waals surface area contributed by atoms with E-state index >= 15 is 0 Å². The van der Waals surface area contributed by atoms with Crippen molar-refractivity contribution >= 4 is 6.09 Å². The van der Waals surface area contributed by atoms with Gasteiger partial charge in [-0.05, 0) is 38.9 Å². The lowest BCUT2D eigenvalue weighted by atomic mass is 10.1. The molecule has 0 aliphatic carbocycles. The molecule has 0 aliphatic heterocycles. The third-order valence-electron chi connectivity index (χ3n) is 3.87. The molecule has 0 fully saturated rings. The first-order valence-corrected chi connectivity index (χ1v) is 9.24. The highest BCUT2D eigenvalue weighted by molar-refractivity contribution is 5.66. The third kappa shape index (κ3) is 9.34. The van der Waals surface area contributed by atoms with Crippen molar-refractivity contribution < 1.29 is 14.3 Å². The molecule has 5 heteroatoms. The van der Waals surface area contributed by atoms with Gasteiger partial charge < -0.3 is 14.8 Å². The molecule has 0 radical (unpaired) electrons. The Hall–Kier alpha value is -1.75. The van der Waals surface area contributed by atoms with Crippen molar-refractivity contribution in [3.8, 4) is 5.75 Å². The summed E-state index contributed by atoms with van der Waals surface area (Å²) in [5.41, 5.74) is 1.21. The Kier molecular flexibility index (Phi) is 13.6. The van der Waals surface area contributed by atoms with Gasteiger partial charge in [-0.15, -0.1) is 0 Å². The molecular formula is C20H36N2O3. The van der Waals surface area contributed by atoms with Crippen LogP contribution in [0.3, 0.4) is 0 Å². The molecule has 0 spiro atoms. The van der Waals surface area contributed by atoms with E-state index in [0.717, 1.165) is 31.7 Å². The van der Waals surface area contributed by atoms with Crippen LogP contribution in [0.25, 0.3) is 0 Å². The van der Waals surface area contributed by atoms with Crippen molar-refractivity contribution in [3.05, 3.63) is 29.8 Å². The molecule has 0 unspecified atom stereocenters. The number of unbranched alkanes of at least 4 members (excludes halogenated alkanes) is 1. The van der Waals surface area contributed by atoms with Crippen LogP contribution in [0.4, 0.5) is 4.79 Å². The number of ether oxygens (including phenoxy) is 2. The van der Waals surface area contributed by atoms with Gasteiger partial charge in [-0.2, -0.15) is 0 Å². The summed E-state index contributed by atoms with van der Waals surface area (Å²) in [6.45, 7) is 11.2. The predicted molar refractivity (Wildman–Crippen MR) is 104 cm³/mol. The van der Waals surface area contributed by atoms with Crippen LogP contribution in [0.1, 0.15) is 58.6 Å². The fourth-order valence-electron chi connectivity index (χ4n) is 2.54. The van der Waals surface area contributed by atoms with Gasteiger partial charge in [-0.1, -0.05) is 45.4 Å². The summed E-state index contributed by atoms with van der Waals surface area (Å²) in [6, 6.07) is 8.45. The summed E-state index contributed by atoms with van der Waals surface area (Å²) < 4.78 is 10.0. The van der Waals surface area contributed by atoms with Crippen LogP contribution in [0, 0.1) is 0 Å². The summed E-state index contributed by atoms with van der Waals surface area (Å²) in [5.74, 6) is 0.931. The second kappa shape index (κ2) is 14.6. The largest absolute Gasteiger partial charge is 0.496 e.